The van der Waals surface area contributed by atoms with Gasteiger partial charge in [0.2, 0.25) is 5.91 Å². The molecular weight excluding hydrogens is 412 g/mol. The average Bonchev–Trinajstić information content (AvgIpc) is 3.30. The van der Waals surface area contributed by atoms with Gasteiger partial charge < -0.3 is 20.5 Å². The number of carbonyl (C=O) groups excluding carboxylic acids is 2. The molecule has 1 aliphatic carbocycles. The third kappa shape index (κ3) is 4.31. The standard InChI is InChI=1S/C23H22N4O5/c1-27-19(22(29)30)12-20(26-27)25-21(28)10-11-24-23(31)32-13-18-16-8-4-2-6-14(16)15-7-3-5-9-17(15)18/h2-9,12,18H,10-11,13H2,1H3,(H,24,31)(H,29,30)(H,25,26,28). The number of amides is 2. The van der Waals surface area contributed by atoms with E-state index < -0.39 is 18.0 Å². The zero-order chi connectivity index (χ0) is 22.7. The Morgan fingerprint density at radius 3 is 2.28 bits per heavy atom. The maximum Gasteiger partial charge on any atom is 0.407 e. The van der Waals surface area contributed by atoms with E-state index in [1.54, 1.807) is 0 Å². The Morgan fingerprint density at radius 1 is 1.06 bits per heavy atom. The van der Waals surface area contributed by atoms with Crippen molar-refractivity contribution in [2.45, 2.75) is 12.3 Å². The number of fused-ring (bicyclic) bond motifs is 3. The van der Waals surface area contributed by atoms with Crippen molar-refractivity contribution in [3.63, 3.8) is 0 Å². The van der Waals surface area contributed by atoms with Crippen molar-refractivity contribution in [1.29, 1.82) is 0 Å². The number of carbonyl (C=O) groups is 3. The summed E-state index contributed by atoms with van der Waals surface area (Å²) < 4.78 is 6.58. The lowest BCUT2D eigenvalue weighted by atomic mass is 9.98. The predicted octanol–water partition coefficient (Wildman–Crippen LogP) is 2.99. The molecule has 0 radical (unpaired) electrons. The first-order valence-corrected chi connectivity index (χ1v) is 10.1. The Hall–Kier alpha value is -4.14. The van der Waals surface area contributed by atoms with Crippen molar-refractivity contribution in [1.82, 2.24) is 15.1 Å². The maximum atomic E-state index is 12.1. The minimum absolute atomic E-state index is 0.0107. The summed E-state index contributed by atoms with van der Waals surface area (Å²) >= 11 is 0. The molecule has 164 valence electrons. The molecule has 2 amide bonds. The number of carboxylic acid groups (broad SMARTS) is 1. The highest BCUT2D eigenvalue weighted by atomic mass is 16.5. The Balaban J connectivity index is 1.26. The minimum Gasteiger partial charge on any atom is -0.477 e. The van der Waals surface area contributed by atoms with Crippen LogP contribution in [-0.2, 0) is 16.6 Å². The van der Waals surface area contributed by atoms with Gasteiger partial charge in [-0.3, -0.25) is 9.48 Å². The highest BCUT2D eigenvalue weighted by Gasteiger charge is 2.28. The second-order valence-corrected chi connectivity index (χ2v) is 7.39. The molecule has 9 heteroatoms. The summed E-state index contributed by atoms with van der Waals surface area (Å²) in [7, 11) is 1.47. The lowest BCUT2D eigenvalue weighted by Gasteiger charge is -2.14. The normalized spacial score (nSPS) is 12.0. The molecule has 1 aromatic heterocycles. The van der Waals surface area contributed by atoms with Crippen LogP contribution >= 0.6 is 0 Å². The van der Waals surface area contributed by atoms with Crippen LogP contribution in [0.5, 0.6) is 0 Å². The predicted molar refractivity (Wildman–Crippen MR) is 116 cm³/mol. The second-order valence-electron chi connectivity index (χ2n) is 7.39. The summed E-state index contributed by atoms with van der Waals surface area (Å²) in [5.74, 6) is -1.45. The second kappa shape index (κ2) is 8.93. The summed E-state index contributed by atoms with van der Waals surface area (Å²) in [6.45, 7) is 0.263. The van der Waals surface area contributed by atoms with E-state index in [4.69, 9.17) is 9.84 Å². The lowest BCUT2D eigenvalue weighted by molar-refractivity contribution is -0.116. The van der Waals surface area contributed by atoms with Crippen molar-refractivity contribution in [2.24, 2.45) is 7.05 Å². The molecule has 1 aliphatic rings. The average molecular weight is 434 g/mol. The molecule has 9 nitrogen and oxygen atoms in total. The van der Waals surface area contributed by atoms with Gasteiger partial charge in [-0.15, -0.1) is 0 Å². The number of anilines is 1. The van der Waals surface area contributed by atoms with E-state index in [1.165, 1.54) is 13.1 Å². The first-order chi connectivity index (χ1) is 15.4. The maximum absolute atomic E-state index is 12.1. The van der Waals surface area contributed by atoms with E-state index in [0.717, 1.165) is 26.9 Å². The number of hydrogen-bond acceptors (Lipinski definition) is 5. The van der Waals surface area contributed by atoms with E-state index in [-0.39, 0.29) is 37.0 Å². The van der Waals surface area contributed by atoms with E-state index in [0.29, 0.717) is 0 Å². The van der Waals surface area contributed by atoms with Gasteiger partial charge in [0.05, 0.1) is 0 Å². The molecule has 3 aromatic rings. The zero-order valence-corrected chi connectivity index (χ0v) is 17.4. The first kappa shape index (κ1) is 21.1. The molecule has 0 bridgehead atoms. The fourth-order valence-corrected chi connectivity index (χ4v) is 3.86. The van der Waals surface area contributed by atoms with Gasteiger partial charge in [-0.25, -0.2) is 9.59 Å². The van der Waals surface area contributed by atoms with Crippen LogP contribution in [0.3, 0.4) is 0 Å². The van der Waals surface area contributed by atoms with E-state index in [9.17, 15) is 14.4 Å². The molecule has 1 heterocycles. The van der Waals surface area contributed by atoms with Crippen LogP contribution in [0.2, 0.25) is 0 Å². The number of benzene rings is 2. The molecule has 4 rings (SSSR count). The number of rotatable bonds is 7. The van der Waals surface area contributed by atoms with Crippen molar-refractivity contribution >= 4 is 23.8 Å². The number of aryl methyl sites for hydroxylation is 1. The number of carboxylic acids is 1. The molecule has 0 atom stereocenters. The lowest BCUT2D eigenvalue weighted by Crippen LogP contribution is -2.29. The van der Waals surface area contributed by atoms with Gasteiger partial charge in [0.25, 0.3) is 0 Å². The third-order valence-corrected chi connectivity index (χ3v) is 5.33. The van der Waals surface area contributed by atoms with Gasteiger partial charge in [0.15, 0.2) is 5.82 Å². The summed E-state index contributed by atoms with van der Waals surface area (Å²) in [5, 5.41) is 18.0. The van der Waals surface area contributed by atoms with Crippen LogP contribution in [0.25, 0.3) is 11.1 Å². The van der Waals surface area contributed by atoms with Crippen LogP contribution in [0, 0.1) is 0 Å². The number of nitrogens with zero attached hydrogens (tertiary/aromatic N) is 2. The topological polar surface area (TPSA) is 123 Å². The SMILES string of the molecule is Cn1nc(NC(=O)CCNC(=O)OCC2c3ccccc3-c3ccccc32)cc1C(=O)O. The summed E-state index contributed by atoms with van der Waals surface area (Å²) in [6.07, 6.45) is -0.617. The van der Waals surface area contributed by atoms with Crippen LogP contribution in [0.4, 0.5) is 10.6 Å². The van der Waals surface area contributed by atoms with Crippen LogP contribution in [0.15, 0.2) is 54.6 Å². The Labute approximate surface area is 184 Å². The Kier molecular flexibility index (Phi) is 5.89. The minimum atomic E-state index is -1.14. The number of hydrogen-bond donors (Lipinski definition) is 3. The van der Waals surface area contributed by atoms with Crippen molar-refractivity contribution in [2.75, 3.05) is 18.5 Å². The van der Waals surface area contributed by atoms with Crippen LogP contribution in [0.1, 0.15) is 34.0 Å². The highest BCUT2D eigenvalue weighted by Crippen LogP contribution is 2.44. The summed E-state index contributed by atoms with van der Waals surface area (Å²) in [4.78, 5) is 35.2. The van der Waals surface area contributed by atoms with Crippen molar-refractivity contribution in [3.05, 3.63) is 71.4 Å². The van der Waals surface area contributed by atoms with Gasteiger partial charge in [-0.1, -0.05) is 48.5 Å². The monoisotopic (exact) mass is 434 g/mol. The first-order valence-electron chi connectivity index (χ1n) is 10.1. The molecule has 0 saturated carbocycles. The molecule has 0 spiro atoms. The highest BCUT2D eigenvalue weighted by molar-refractivity contribution is 5.92. The molecule has 2 aromatic carbocycles. The van der Waals surface area contributed by atoms with Crippen LogP contribution < -0.4 is 10.6 Å². The number of ether oxygens (including phenoxy) is 1. The quantitative estimate of drug-likeness (QED) is 0.525. The van der Waals surface area contributed by atoms with Crippen molar-refractivity contribution < 1.29 is 24.2 Å². The number of nitrogens with one attached hydrogen (secondary N) is 2. The van der Waals surface area contributed by atoms with Gasteiger partial charge in [-0.2, -0.15) is 5.10 Å². The largest absolute Gasteiger partial charge is 0.477 e. The summed E-state index contributed by atoms with van der Waals surface area (Å²) in [6, 6.07) is 17.4. The molecule has 32 heavy (non-hydrogen) atoms. The van der Waals surface area contributed by atoms with Gasteiger partial charge in [0, 0.05) is 32.0 Å². The molecule has 3 N–H and O–H groups in total. The zero-order valence-electron chi connectivity index (χ0n) is 17.4. The molecule has 0 aliphatic heterocycles. The van der Waals surface area contributed by atoms with E-state index in [2.05, 4.69) is 27.9 Å². The third-order valence-electron chi connectivity index (χ3n) is 5.33. The number of aromatic carboxylic acids is 1. The van der Waals surface area contributed by atoms with Gasteiger partial charge >= 0.3 is 12.1 Å². The number of alkyl carbamates (subject to hydrolysis) is 1. The fraction of sp³-hybridized carbons (Fsp3) is 0.217. The Morgan fingerprint density at radius 2 is 1.69 bits per heavy atom. The smallest absolute Gasteiger partial charge is 0.407 e. The van der Waals surface area contributed by atoms with Crippen molar-refractivity contribution in [3.8, 4) is 11.1 Å². The summed E-state index contributed by atoms with van der Waals surface area (Å²) in [5.41, 5.74) is 4.50. The molecular formula is C23H22N4O5. The fourth-order valence-electron chi connectivity index (χ4n) is 3.86. The van der Waals surface area contributed by atoms with E-state index in [1.807, 2.05) is 36.4 Å². The van der Waals surface area contributed by atoms with Crippen LogP contribution in [-0.4, -0.2) is 46.0 Å². The Bertz CT molecular complexity index is 1140. The number of aromatic nitrogens is 2. The molecule has 0 unspecified atom stereocenters. The molecule has 0 fully saturated rings. The molecule has 0 saturated heterocycles. The van der Waals surface area contributed by atoms with Gasteiger partial charge in [-0.05, 0) is 22.3 Å². The van der Waals surface area contributed by atoms with E-state index >= 15 is 0 Å². The van der Waals surface area contributed by atoms with Gasteiger partial charge in [0.1, 0.15) is 12.3 Å².